The van der Waals surface area contributed by atoms with E-state index in [9.17, 15) is 9.59 Å². The second-order valence-corrected chi connectivity index (χ2v) is 4.76. The molecule has 0 spiro atoms. The van der Waals surface area contributed by atoms with Crippen LogP contribution in [0.4, 0.5) is 0 Å². The topological polar surface area (TPSA) is 105 Å². The lowest BCUT2D eigenvalue weighted by atomic mass is 9.91. The lowest BCUT2D eigenvalue weighted by molar-refractivity contribution is 0.0690. The molecule has 2 rings (SSSR count). The first-order valence-electron chi connectivity index (χ1n) is 6.33. The predicted octanol–water partition coefficient (Wildman–Crippen LogP) is 0.779. The van der Waals surface area contributed by atoms with E-state index < -0.39 is 5.97 Å². The van der Waals surface area contributed by atoms with Crippen molar-refractivity contribution in [3.05, 3.63) is 29.6 Å². The van der Waals surface area contributed by atoms with Crippen molar-refractivity contribution in [1.29, 1.82) is 0 Å². The number of carbonyl (C=O) groups is 2. The van der Waals surface area contributed by atoms with Crippen LogP contribution in [0.3, 0.4) is 0 Å². The molecule has 0 saturated heterocycles. The first-order valence-corrected chi connectivity index (χ1v) is 6.33. The Balaban J connectivity index is 2.07. The van der Waals surface area contributed by atoms with Gasteiger partial charge in [0.1, 0.15) is 5.69 Å². The van der Waals surface area contributed by atoms with E-state index in [-0.39, 0.29) is 23.7 Å². The van der Waals surface area contributed by atoms with Crippen LogP contribution < -0.4 is 11.1 Å². The number of nitrogens with two attached hydrogens (primary N) is 1. The van der Waals surface area contributed by atoms with Crippen molar-refractivity contribution in [2.75, 3.05) is 0 Å². The number of aromatic carboxylic acids is 1. The van der Waals surface area contributed by atoms with Crippen LogP contribution in [0.2, 0.25) is 0 Å². The number of nitrogens with one attached hydrogen (secondary N) is 1. The minimum Gasteiger partial charge on any atom is -0.477 e. The molecule has 2 unspecified atom stereocenters. The van der Waals surface area contributed by atoms with Crippen LogP contribution >= 0.6 is 0 Å². The van der Waals surface area contributed by atoms with Gasteiger partial charge in [-0.05, 0) is 25.0 Å². The highest BCUT2D eigenvalue weighted by atomic mass is 16.4. The molecule has 1 aliphatic rings. The molecule has 1 fully saturated rings. The molecule has 19 heavy (non-hydrogen) atoms. The SMILES string of the molecule is NC1CCCCC1NC(=O)c1ccnc(C(=O)O)c1. The average Bonchev–Trinajstić information content (AvgIpc) is 2.41. The van der Waals surface area contributed by atoms with Gasteiger partial charge in [-0.1, -0.05) is 12.8 Å². The highest BCUT2D eigenvalue weighted by molar-refractivity contribution is 5.96. The van der Waals surface area contributed by atoms with Crippen LogP contribution in [0.25, 0.3) is 0 Å². The molecule has 6 heteroatoms. The molecular formula is C13H17N3O3. The normalized spacial score (nSPS) is 22.8. The van der Waals surface area contributed by atoms with Crippen molar-refractivity contribution in [3.8, 4) is 0 Å². The molecule has 1 aromatic rings. The van der Waals surface area contributed by atoms with Gasteiger partial charge in [0.05, 0.1) is 0 Å². The standard InChI is InChI=1S/C13H17N3O3/c14-9-3-1-2-4-10(9)16-12(17)8-5-6-15-11(7-8)13(18)19/h5-7,9-10H,1-4,14H2,(H,16,17)(H,18,19). The Morgan fingerprint density at radius 3 is 2.79 bits per heavy atom. The molecule has 1 heterocycles. The summed E-state index contributed by atoms with van der Waals surface area (Å²) in [5.74, 6) is -1.45. The number of carboxylic acid groups (broad SMARTS) is 1. The second kappa shape index (κ2) is 5.79. The van der Waals surface area contributed by atoms with Gasteiger partial charge in [-0.25, -0.2) is 9.78 Å². The fourth-order valence-electron chi connectivity index (χ4n) is 2.28. The molecule has 0 bridgehead atoms. The van der Waals surface area contributed by atoms with Crippen LogP contribution in [0, 0.1) is 0 Å². The van der Waals surface area contributed by atoms with E-state index in [1.54, 1.807) is 0 Å². The van der Waals surface area contributed by atoms with Gasteiger partial charge < -0.3 is 16.2 Å². The van der Waals surface area contributed by atoms with E-state index in [1.165, 1.54) is 18.3 Å². The molecule has 0 aliphatic heterocycles. The van der Waals surface area contributed by atoms with Gasteiger partial charge in [0.2, 0.25) is 0 Å². The molecule has 102 valence electrons. The number of hydrogen-bond acceptors (Lipinski definition) is 4. The van der Waals surface area contributed by atoms with Crippen molar-refractivity contribution < 1.29 is 14.7 Å². The summed E-state index contributed by atoms with van der Waals surface area (Å²) in [6.07, 6.45) is 5.23. The summed E-state index contributed by atoms with van der Waals surface area (Å²) in [6.45, 7) is 0. The van der Waals surface area contributed by atoms with Crippen LogP contribution in [-0.4, -0.2) is 34.1 Å². The average molecular weight is 263 g/mol. The van der Waals surface area contributed by atoms with Gasteiger partial charge >= 0.3 is 5.97 Å². The second-order valence-electron chi connectivity index (χ2n) is 4.76. The third-order valence-corrected chi connectivity index (χ3v) is 3.38. The van der Waals surface area contributed by atoms with Gasteiger partial charge in [0, 0.05) is 23.8 Å². The van der Waals surface area contributed by atoms with Crippen molar-refractivity contribution in [2.24, 2.45) is 5.73 Å². The molecule has 1 aliphatic carbocycles. The van der Waals surface area contributed by atoms with Crippen molar-refractivity contribution in [3.63, 3.8) is 0 Å². The van der Waals surface area contributed by atoms with Crippen LogP contribution in [-0.2, 0) is 0 Å². The molecular weight excluding hydrogens is 246 g/mol. The minimum absolute atomic E-state index is 0.0292. The Bertz CT molecular complexity index is 490. The predicted molar refractivity (Wildman–Crippen MR) is 68.9 cm³/mol. The van der Waals surface area contributed by atoms with Gasteiger partial charge in [-0.15, -0.1) is 0 Å². The number of carboxylic acids is 1. The Morgan fingerprint density at radius 1 is 1.37 bits per heavy atom. The zero-order valence-corrected chi connectivity index (χ0v) is 10.5. The zero-order valence-electron chi connectivity index (χ0n) is 10.5. The quantitative estimate of drug-likeness (QED) is 0.747. The zero-order chi connectivity index (χ0) is 13.8. The summed E-state index contributed by atoms with van der Waals surface area (Å²) in [5.41, 5.74) is 6.12. The lowest BCUT2D eigenvalue weighted by Gasteiger charge is -2.29. The molecule has 1 amide bonds. The van der Waals surface area contributed by atoms with Crippen molar-refractivity contribution >= 4 is 11.9 Å². The molecule has 1 aromatic heterocycles. The van der Waals surface area contributed by atoms with Crippen LogP contribution in [0.15, 0.2) is 18.3 Å². The fraction of sp³-hybridized carbons (Fsp3) is 0.462. The summed E-state index contributed by atoms with van der Waals surface area (Å²) in [6, 6.07) is 2.70. The lowest BCUT2D eigenvalue weighted by Crippen LogP contribution is -2.49. The van der Waals surface area contributed by atoms with Crippen LogP contribution in [0.1, 0.15) is 46.5 Å². The fourth-order valence-corrected chi connectivity index (χ4v) is 2.28. The number of rotatable bonds is 3. The number of carbonyl (C=O) groups excluding carboxylic acids is 1. The van der Waals surface area contributed by atoms with Gasteiger partial charge in [-0.2, -0.15) is 0 Å². The molecule has 6 nitrogen and oxygen atoms in total. The first kappa shape index (κ1) is 13.5. The number of nitrogens with zero attached hydrogens (tertiary/aromatic N) is 1. The summed E-state index contributed by atoms with van der Waals surface area (Å²) in [5, 5.41) is 11.7. The summed E-state index contributed by atoms with van der Waals surface area (Å²) in [7, 11) is 0. The minimum atomic E-state index is -1.15. The molecule has 4 N–H and O–H groups in total. The van der Waals surface area contributed by atoms with Crippen molar-refractivity contribution in [1.82, 2.24) is 10.3 Å². The highest BCUT2D eigenvalue weighted by Gasteiger charge is 2.24. The smallest absolute Gasteiger partial charge is 0.354 e. The van der Waals surface area contributed by atoms with E-state index >= 15 is 0 Å². The van der Waals surface area contributed by atoms with E-state index in [0.29, 0.717) is 5.56 Å². The van der Waals surface area contributed by atoms with E-state index in [0.717, 1.165) is 25.7 Å². The van der Waals surface area contributed by atoms with E-state index in [4.69, 9.17) is 10.8 Å². The number of hydrogen-bond donors (Lipinski definition) is 3. The summed E-state index contributed by atoms with van der Waals surface area (Å²) in [4.78, 5) is 26.5. The molecule has 1 saturated carbocycles. The Labute approximate surface area is 111 Å². The maximum Gasteiger partial charge on any atom is 0.354 e. The number of amides is 1. The summed E-state index contributed by atoms with van der Waals surface area (Å²) >= 11 is 0. The third-order valence-electron chi connectivity index (χ3n) is 3.38. The van der Waals surface area contributed by atoms with Gasteiger partial charge in [0.15, 0.2) is 0 Å². The van der Waals surface area contributed by atoms with E-state index in [2.05, 4.69) is 10.3 Å². The third kappa shape index (κ3) is 3.29. The Hall–Kier alpha value is -1.95. The summed E-state index contributed by atoms with van der Waals surface area (Å²) < 4.78 is 0. The monoisotopic (exact) mass is 263 g/mol. The highest BCUT2D eigenvalue weighted by Crippen LogP contribution is 2.17. The number of pyridine rings is 1. The maximum atomic E-state index is 12.0. The molecule has 0 aromatic carbocycles. The number of aromatic nitrogens is 1. The van der Waals surface area contributed by atoms with Crippen molar-refractivity contribution in [2.45, 2.75) is 37.8 Å². The Morgan fingerprint density at radius 2 is 2.11 bits per heavy atom. The van der Waals surface area contributed by atoms with Gasteiger partial charge in [-0.3, -0.25) is 4.79 Å². The first-order chi connectivity index (χ1) is 9.08. The largest absolute Gasteiger partial charge is 0.477 e. The maximum absolute atomic E-state index is 12.0. The molecule has 0 radical (unpaired) electrons. The Kier molecular flexibility index (Phi) is 4.11. The van der Waals surface area contributed by atoms with E-state index in [1.807, 2.05) is 0 Å². The van der Waals surface area contributed by atoms with Crippen LogP contribution in [0.5, 0.6) is 0 Å². The van der Waals surface area contributed by atoms with Gasteiger partial charge in [0.25, 0.3) is 5.91 Å². The molecule has 2 atom stereocenters.